The molecule has 16 heteroatoms. The van der Waals surface area contributed by atoms with Crippen LogP contribution in [-0.2, 0) is 22.0 Å². The molecule has 0 saturated carbocycles. The van der Waals surface area contributed by atoms with Crippen molar-refractivity contribution in [1.82, 2.24) is 0 Å². The normalized spacial score (nSPS) is 1.56. The summed E-state index contributed by atoms with van der Waals surface area (Å²) in [5.41, 5.74) is 0. The number of hydrogen-bond acceptors (Lipinski definition) is 10. The molecule has 0 radical (unpaired) electrons. The molecule has 0 saturated heterocycles. The van der Waals surface area contributed by atoms with Gasteiger partial charge in [0.2, 0.25) is 0 Å². The topological polar surface area (TPSA) is 285 Å². The second-order valence-corrected chi connectivity index (χ2v) is 0.167. The molecule has 12 nitrogen and oxygen atoms in total. The zero-order valence-corrected chi connectivity index (χ0v) is 17.9. The third-order valence-corrected chi connectivity index (χ3v) is 0. The first kappa shape index (κ1) is 103. The van der Waals surface area contributed by atoms with E-state index in [1.807, 2.05) is 0 Å². The Hall–Kier alpha value is 3.16. The molecular formula is C2H14Ca4O12. The number of carbonyl (C=O) groups excluding carboxylic acids is 4. The van der Waals surface area contributed by atoms with E-state index in [9.17, 15) is 0 Å². The van der Waals surface area contributed by atoms with Crippen molar-refractivity contribution in [2.75, 3.05) is 0 Å². The van der Waals surface area contributed by atoms with Gasteiger partial charge >= 0.3 is 162 Å². The molecule has 18 heavy (non-hydrogen) atoms. The van der Waals surface area contributed by atoms with Crippen LogP contribution in [0.1, 0.15) is 4.28 Å². The fourth-order valence-electron chi connectivity index (χ4n) is 0. The van der Waals surface area contributed by atoms with Crippen LogP contribution < -0.4 is 0 Å². The number of rotatable bonds is 0. The van der Waals surface area contributed by atoms with Crippen LogP contribution in [0.25, 0.3) is 0 Å². The zero-order chi connectivity index (χ0) is 9.41. The molecule has 0 fully saturated rings. The molecule has 0 spiro atoms. The first-order chi connectivity index (χ1) is 4.83. The molecule has 0 rings (SSSR count). The van der Waals surface area contributed by atoms with Crippen LogP contribution in [0.2, 0.25) is 0 Å². The van der Waals surface area contributed by atoms with Crippen molar-refractivity contribution in [3.63, 3.8) is 0 Å². The minimum atomic E-state index is 0. The Balaban J connectivity index is -0.00000000151. The Morgan fingerprint density at radius 3 is 0.556 bits per heavy atom. The summed E-state index contributed by atoms with van der Waals surface area (Å²) in [6.07, 6.45) is 0.500. The molecule has 0 aliphatic heterocycles. The summed E-state index contributed by atoms with van der Waals surface area (Å²) in [6.45, 7) is 0. The molecule has 0 aliphatic carbocycles. The van der Waals surface area contributed by atoms with Gasteiger partial charge in [0, 0.05) is 4.28 Å². The third kappa shape index (κ3) is 633. The van der Waals surface area contributed by atoms with Gasteiger partial charge in [-0.1, -0.05) is 0 Å². The van der Waals surface area contributed by atoms with Crippen LogP contribution in [0.5, 0.6) is 0 Å². The summed E-state index contributed by atoms with van der Waals surface area (Å²) in [6, 6.07) is 0. The van der Waals surface area contributed by atoms with Gasteiger partial charge in [-0.3, -0.25) is 0 Å². The standard InChI is InChI=1S/2CO2.4Ca.6H2O.2O.3H2/c2*2-1-3;;;;;;;;;;;;;;;/h;;;;;;6*1H2;;;3*1H/q;;;;2*+2;;;;;;;;;;;/p-4/i;;;;;;;;;;;;;;3*1+1. The molecule has 102 valence electrons. The van der Waals surface area contributed by atoms with Crippen molar-refractivity contribution in [3.05, 3.63) is 0 Å². The van der Waals surface area contributed by atoms with Crippen LogP contribution in [0.15, 0.2) is 0 Å². The van der Waals surface area contributed by atoms with Gasteiger partial charge in [0.15, 0.2) is 0 Å². The van der Waals surface area contributed by atoms with Crippen molar-refractivity contribution in [3.8, 4) is 0 Å². The molecule has 0 heterocycles. The predicted molar refractivity (Wildman–Crippen MR) is 55.7 cm³/mol. The zero-order valence-electron chi connectivity index (χ0n) is 9.07. The van der Waals surface area contributed by atoms with Crippen molar-refractivity contribution in [2.45, 2.75) is 0 Å². The Kier molecular flexibility index (Phi) is 1580. The van der Waals surface area contributed by atoms with E-state index in [2.05, 4.69) is 0 Å². The van der Waals surface area contributed by atoms with Crippen LogP contribution in [0.3, 0.4) is 0 Å². The maximum absolute atomic E-state index is 8.38. The van der Waals surface area contributed by atoms with Gasteiger partial charge in [-0.25, -0.2) is 0 Å². The fraction of sp³-hybridized carbons (Fsp3) is 0. The van der Waals surface area contributed by atoms with Gasteiger partial charge in [-0.05, 0) is 0 Å². The summed E-state index contributed by atoms with van der Waals surface area (Å²) in [5, 5.41) is 0. The predicted octanol–water partition coefficient (Wildman–Crippen LogP) is -4.55. The molecule has 0 aromatic heterocycles. The molecule has 0 atom stereocenters. The summed E-state index contributed by atoms with van der Waals surface area (Å²) < 4.78 is 16.8. The van der Waals surface area contributed by atoms with Crippen molar-refractivity contribution in [1.29, 1.82) is 0 Å². The quantitative estimate of drug-likeness (QED) is 0.355. The Labute approximate surface area is 214 Å². The van der Waals surface area contributed by atoms with Crippen molar-refractivity contribution >= 4 is 160 Å². The van der Waals surface area contributed by atoms with Gasteiger partial charge < -0.3 is 32.9 Å². The van der Waals surface area contributed by atoms with Gasteiger partial charge in [-0.15, -0.1) is 0 Å². The Bertz CT molecular complexity index is 107. The summed E-state index contributed by atoms with van der Waals surface area (Å²) in [5.74, 6) is 0. The molecule has 0 amide bonds. The van der Waals surface area contributed by atoms with E-state index in [1.165, 1.54) is 0 Å². The van der Waals surface area contributed by atoms with E-state index in [-0.39, 0.29) is 197 Å². The average Bonchev–Trinajstić information content (AvgIpc) is 1.99. The first-order valence-electron chi connectivity index (χ1n) is 1.39. The van der Waals surface area contributed by atoms with E-state index in [0.29, 0.717) is 0 Å². The Morgan fingerprint density at radius 1 is 0.556 bits per heavy atom. The molecular weight excluding hydrogens is 376 g/mol. The number of hydrogen-bond donors (Lipinski definition) is 0. The van der Waals surface area contributed by atoms with Crippen LogP contribution in [0.4, 0.5) is 0 Å². The summed E-state index contributed by atoms with van der Waals surface area (Å²) >= 11 is 0.250. The van der Waals surface area contributed by atoms with Gasteiger partial charge in [-0.2, -0.15) is 19.2 Å². The second kappa shape index (κ2) is 278. The van der Waals surface area contributed by atoms with Gasteiger partial charge in [0.25, 0.3) is 0 Å². The van der Waals surface area contributed by atoms with Crippen LogP contribution >= 0.6 is 0 Å². The fourth-order valence-corrected chi connectivity index (χ4v) is 0. The van der Waals surface area contributed by atoms with E-state index < -0.39 is 0 Å². The van der Waals surface area contributed by atoms with Crippen molar-refractivity contribution < 1.29 is 59.2 Å². The summed E-state index contributed by atoms with van der Waals surface area (Å²) in [4.78, 5) is 32.5. The van der Waals surface area contributed by atoms with Gasteiger partial charge in [0.1, 0.15) is 0 Å². The van der Waals surface area contributed by atoms with E-state index in [0.717, 1.165) is 0 Å². The van der Waals surface area contributed by atoms with Crippen LogP contribution in [0, 0.1) is 0 Å². The van der Waals surface area contributed by atoms with Crippen LogP contribution in [-0.4, -0.2) is 192 Å². The molecule has 0 aromatic rings. The maximum atomic E-state index is 8.38. The van der Waals surface area contributed by atoms with E-state index in [4.69, 9.17) is 22.0 Å². The van der Waals surface area contributed by atoms with Gasteiger partial charge in [0.05, 0.1) is 0 Å². The van der Waals surface area contributed by atoms with Crippen molar-refractivity contribution in [2.24, 2.45) is 0 Å². The second-order valence-electron chi connectivity index (χ2n) is 0.167. The first-order valence-corrected chi connectivity index (χ1v) is 3.20. The minimum absolute atomic E-state index is 0. The molecule has 0 bridgehead atoms. The van der Waals surface area contributed by atoms with E-state index >= 15 is 0 Å². The third-order valence-electron chi connectivity index (χ3n) is 0. The molecule has 8 N–H and O–H groups in total. The molecule has 0 aromatic carbocycles. The SMILES string of the molecule is O.O.O=C=O.O=C=O.[2HH].[2HH].[2HH].[Ca+2].[Ca+2].[OH-].[OH-].[OH-].[OH-].[O]=[Ca].[O]=[Ca]. The van der Waals surface area contributed by atoms with E-state index in [1.54, 1.807) is 0 Å². The summed E-state index contributed by atoms with van der Waals surface area (Å²) in [7, 11) is 0. The molecule has 0 aliphatic rings. The molecule has 0 unspecified atom stereocenters. The average molecular weight is 393 g/mol. The monoisotopic (exact) mass is 393 g/mol. The Morgan fingerprint density at radius 2 is 0.556 bits per heavy atom.